The van der Waals surface area contributed by atoms with Crippen LogP contribution in [0.15, 0.2) is 41.0 Å². The number of furan rings is 1. The van der Waals surface area contributed by atoms with Crippen LogP contribution < -0.4 is 0 Å². The molecule has 0 aliphatic carbocycles. The van der Waals surface area contributed by atoms with Crippen molar-refractivity contribution in [2.75, 3.05) is 39.3 Å². The van der Waals surface area contributed by atoms with Gasteiger partial charge in [0.15, 0.2) is 0 Å². The number of piperazine rings is 1. The Hall–Kier alpha value is -2.88. The van der Waals surface area contributed by atoms with Crippen LogP contribution in [0, 0.1) is 12.7 Å². The van der Waals surface area contributed by atoms with E-state index < -0.39 is 24.4 Å². The third kappa shape index (κ3) is 6.30. The average molecular weight is 441 g/mol. The van der Waals surface area contributed by atoms with Gasteiger partial charge in [-0.15, -0.1) is 0 Å². The third-order valence-electron chi connectivity index (χ3n) is 5.09. The number of amides is 2. The molecule has 1 aromatic heterocycles. The molecule has 10 heteroatoms. The Bertz CT molecular complexity index is 907. The van der Waals surface area contributed by atoms with Crippen molar-refractivity contribution >= 4 is 11.8 Å². The van der Waals surface area contributed by atoms with Gasteiger partial charge in [0, 0.05) is 31.7 Å². The van der Waals surface area contributed by atoms with E-state index in [1.165, 1.54) is 24.5 Å². The van der Waals surface area contributed by atoms with Gasteiger partial charge >= 0.3 is 6.18 Å². The van der Waals surface area contributed by atoms with Gasteiger partial charge in [0.2, 0.25) is 5.91 Å². The fraction of sp³-hybridized carbons (Fsp3) is 0.429. The first kappa shape index (κ1) is 22.8. The summed E-state index contributed by atoms with van der Waals surface area (Å²) in [6.45, 7) is 0.995. The molecular weight excluding hydrogens is 418 g/mol. The third-order valence-corrected chi connectivity index (χ3v) is 5.09. The summed E-state index contributed by atoms with van der Waals surface area (Å²) in [7, 11) is 0. The minimum Gasteiger partial charge on any atom is -0.467 e. The number of nitrogens with zero attached hydrogens (tertiary/aromatic N) is 3. The molecule has 1 aromatic carbocycles. The summed E-state index contributed by atoms with van der Waals surface area (Å²) in [4.78, 5) is 29.1. The largest absolute Gasteiger partial charge is 0.467 e. The number of carbonyl (C=O) groups excluding carboxylic acids is 2. The Balaban J connectivity index is 1.56. The first-order valence-corrected chi connectivity index (χ1v) is 9.77. The van der Waals surface area contributed by atoms with Crippen molar-refractivity contribution < 1.29 is 31.6 Å². The standard InChI is InChI=1S/C21H23F4N3O3/c1-15-4-5-16(11-18(15)22)20(30)27-8-6-26(7-9-27)13-19(29)28(14-21(23,24)25)12-17-3-2-10-31-17/h2-5,10-11H,6-9,12-14H2,1H3. The summed E-state index contributed by atoms with van der Waals surface area (Å²) < 4.78 is 57.6. The Kier molecular flexibility index (Phi) is 6.99. The van der Waals surface area contributed by atoms with Crippen LogP contribution in [-0.2, 0) is 11.3 Å². The van der Waals surface area contributed by atoms with Gasteiger partial charge in [-0.05, 0) is 36.8 Å². The molecule has 1 fully saturated rings. The van der Waals surface area contributed by atoms with Crippen molar-refractivity contribution in [2.24, 2.45) is 0 Å². The zero-order chi connectivity index (χ0) is 22.6. The van der Waals surface area contributed by atoms with E-state index in [9.17, 15) is 27.2 Å². The second kappa shape index (κ2) is 9.51. The van der Waals surface area contributed by atoms with Crippen LogP contribution in [0.2, 0.25) is 0 Å². The molecule has 0 N–H and O–H groups in total. The number of halogens is 4. The maximum Gasteiger partial charge on any atom is 0.406 e. The van der Waals surface area contributed by atoms with Gasteiger partial charge in [0.05, 0.1) is 19.4 Å². The lowest BCUT2D eigenvalue weighted by Gasteiger charge is -2.35. The van der Waals surface area contributed by atoms with E-state index in [1.54, 1.807) is 28.9 Å². The maximum absolute atomic E-state index is 13.7. The molecule has 0 atom stereocenters. The summed E-state index contributed by atoms with van der Waals surface area (Å²) in [5.74, 6) is -1.19. The van der Waals surface area contributed by atoms with E-state index in [4.69, 9.17) is 4.42 Å². The van der Waals surface area contributed by atoms with Crippen molar-refractivity contribution in [3.63, 3.8) is 0 Å². The Morgan fingerprint density at radius 3 is 2.42 bits per heavy atom. The van der Waals surface area contributed by atoms with Crippen molar-refractivity contribution in [3.8, 4) is 0 Å². The highest BCUT2D eigenvalue weighted by Crippen LogP contribution is 2.19. The number of hydrogen-bond acceptors (Lipinski definition) is 4. The Morgan fingerprint density at radius 1 is 1.13 bits per heavy atom. The van der Waals surface area contributed by atoms with Crippen LogP contribution >= 0.6 is 0 Å². The van der Waals surface area contributed by atoms with E-state index >= 15 is 0 Å². The summed E-state index contributed by atoms with van der Waals surface area (Å²) in [6, 6.07) is 7.33. The van der Waals surface area contributed by atoms with Crippen LogP contribution in [-0.4, -0.2) is 72.0 Å². The summed E-state index contributed by atoms with van der Waals surface area (Å²) in [6.07, 6.45) is -3.20. The monoisotopic (exact) mass is 441 g/mol. The lowest BCUT2D eigenvalue weighted by Crippen LogP contribution is -2.52. The number of benzene rings is 1. The summed E-state index contributed by atoms with van der Waals surface area (Å²) in [5.41, 5.74) is 0.681. The smallest absolute Gasteiger partial charge is 0.406 e. The van der Waals surface area contributed by atoms with Crippen LogP contribution in [0.5, 0.6) is 0 Å². The van der Waals surface area contributed by atoms with Crippen LogP contribution in [0.1, 0.15) is 21.7 Å². The highest BCUT2D eigenvalue weighted by Gasteiger charge is 2.34. The Morgan fingerprint density at radius 2 is 1.84 bits per heavy atom. The highest BCUT2D eigenvalue weighted by atomic mass is 19.4. The molecule has 31 heavy (non-hydrogen) atoms. The van der Waals surface area contributed by atoms with Crippen molar-refractivity contribution in [1.29, 1.82) is 0 Å². The number of carbonyl (C=O) groups is 2. The second-order valence-electron chi connectivity index (χ2n) is 7.48. The summed E-state index contributed by atoms with van der Waals surface area (Å²) in [5, 5.41) is 0. The SMILES string of the molecule is Cc1ccc(C(=O)N2CCN(CC(=O)N(Cc3ccco3)CC(F)(F)F)CC2)cc1F. The molecule has 168 valence electrons. The second-order valence-corrected chi connectivity index (χ2v) is 7.48. The van der Waals surface area contributed by atoms with Gasteiger partial charge in [0.25, 0.3) is 5.91 Å². The first-order valence-electron chi connectivity index (χ1n) is 9.77. The first-order chi connectivity index (χ1) is 14.6. The average Bonchev–Trinajstić information content (AvgIpc) is 3.22. The topological polar surface area (TPSA) is 57.0 Å². The fourth-order valence-corrected chi connectivity index (χ4v) is 3.35. The van der Waals surface area contributed by atoms with Crippen molar-refractivity contribution in [1.82, 2.24) is 14.7 Å². The number of aryl methyl sites for hydroxylation is 1. The molecule has 6 nitrogen and oxygen atoms in total. The molecule has 2 aromatic rings. The van der Waals surface area contributed by atoms with E-state index in [0.29, 0.717) is 36.6 Å². The summed E-state index contributed by atoms with van der Waals surface area (Å²) >= 11 is 0. The molecule has 2 heterocycles. The Labute approximate surface area is 177 Å². The zero-order valence-corrected chi connectivity index (χ0v) is 17.0. The molecule has 0 bridgehead atoms. The fourth-order valence-electron chi connectivity index (χ4n) is 3.35. The number of rotatable bonds is 6. The predicted octanol–water partition coefficient (Wildman–Crippen LogP) is 3.08. The van der Waals surface area contributed by atoms with E-state index in [-0.39, 0.29) is 30.3 Å². The van der Waals surface area contributed by atoms with E-state index in [0.717, 1.165) is 0 Å². The van der Waals surface area contributed by atoms with Gasteiger partial charge < -0.3 is 14.2 Å². The molecule has 3 rings (SSSR count). The van der Waals surface area contributed by atoms with Gasteiger partial charge in [-0.2, -0.15) is 13.2 Å². The van der Waals surface area contributed by atoms with Gasteiger partial charge in [0.1, 0.15) is 18.1 Å². The molecule has 2 amide bonds. The number of alkyl halides is 3. The van der Waals surface area contributed by atoms with E-state index in [1.807, 2.05) is 0 Å². The van der Waals surface area contributed by atoms with Crippen molar-refractivity contribution in [3.05, 3.63) is 59.3 Å². The zero-order valence-electron chi connectivity index (χ0n) is 17.0. The van der Waals surface area contributed by atoms with Crippen LogP contribution in [0.3, 0.4) is 0 Å². The predicted molar refractivity (Wildman–Crippen MR) is 104 cm³/mol. The van der Waals surface area contributed by atoms with Crippen LogP contribution in [0.4, 0.5) is 17.6 Å². The molecule has 0 spiro atoms. The minimum absolute atomic E-state index is 0.196. The molecular formula is C21H23F4N3O3. The van der Waals surface area contributed by atoms with Crippen molar-refractivity contribution in [2.45, 2.75) is 19.6 Å². The lowest BCUT2D eigenvalue weighted by molar-refractivity contribution is -0.163. The minimum atomic E-state index is -4.53. The molecule has 0 unspecified atom stereocenters. The van der Waals surface area contributed by atoms with Crippen LogP contribution in [0.25, 0.3) is 0 Å². The van der Waals surface area contributed by atoms with Gasteiger partial charge in [-0.25, -0.2) is 4.39 Å². The quantitative estimate of drug-likeness (QED) is 0.647. The number of hydrogen-bond donors (Lipinski definition) is 0. The molecule has 1 aliphatic rings. The maximum atomic E-state index is 13.7. The molecule has 0 radical (unpaired) electrons. The van der Waals surface area contributed by atoms with Gasteiger partial charge in [-0.1, -0.05) is 6.07 Å². The molecule has 0 saturated carbocycles. The normalized spacial score (nSPS) is 15.2. The molecule has 1 saturated heterocycles. The van der Waals surface area contributed by atoms with Gasteiger partial charge in [-0.3, -0.25) is 14.5 Å². The highest BCUT2D eigenvalue weighted by molar-refractivity contribution is 5.94. The lowest BCUT2D eigenvalue weighted by atomic mass is 10.1. The van der Waals surface area contributed by atoms with E-state index in [2.05, 4.69) is 0 Å². The molecule has 1 aliphatic heterocycles.